The fourth-order valence-corrected chi connectivity index (χ4v) is 5.24. The molecule has 0 amide bonds. The van der Waals surface area contributed by atoms with Crippen LogP contribution in [-0.2, 0) is 27.4 Å². The SMILES string of the molecule is Cc1csc(-c2coc3cc(OC(=O)C(CC(=O)OCc4ccccc4)Cc4ccccc4)cc(C)c3c2=O)n1. The van der Waals surface area contributed by atoms with Crippen molar-refractivity contribution in [3.05, 3.63) is 117 Å². The van der Waals surface area contributed by atoms with E-state index in [0.29, 0.717) is 33.5 Å². The molecule has 0 radical (unpaired) electrons. The van der Waals surface area contributed by atoms with Gasteiger partial charge in [0.1, 0.15) is 29.2 Å². The van der Waals surface area contributed by atoms with Crippen LogP contribution in [0.2, 0.25) is 0 Å². The number of hydrogen-bond acceptors (Lipinski definition) is 8. The van der Waals surface area contributed by atoms with Crippen LogP contribution in [0.4, 0.5) is 0 Å². The minimum Gasteiger partial charge on any atom is -0.463 e. The minimum absolute atomic E-state index is 0.123. The molecule has 8 heteroatoms. The van der Waals surface area contributed by atoms with E-state index >= 15 is 0 Å². The molecule has 3 aromatic carbocycles. The van der Waals surface area contributed by atoms with Crippen LogP contribution in [0.5, 0.6) is 5.75 Å². The first-order valence-corrected chi connectivity index (χ1v) is 13.7. The van der Waals surface area contributed by atoms with Crippen molar-refractivity contribution in [1.82, 2.24) is 4.98 Å². The lowest BCUT2D eigenvalue weighted by molar-refractivity contribution is -0.151. The van der Waals surface area contributed by atoms with Gasteiger partial charge in [0.2, 0.25) is 5.43 Å². The number of benzene rings is 3. The van der Waals surface area contributed by atoms with Crippen molar-refractivity contribution < 1.29 is 23.5 Å². The lowest BCUT2D eigenvalue weighted by Crippen LogP contribution is -2.26. The molecule has 5 aromatic rings. The molecule has 0 spiro atoms. The number of nitrogens with zero attached hydrogens (tertiary/aromatic N) is 1. The first-order chi connectivity index (χ1) is 19.4. The van der Waals surface area contributed by atoms with Gasteiger partial charge in [-0.25, -0.2) is 4.98 Å². The Morgan fingerprint density at radius 1 is 0.975 bits per heavy atom. The molecule has 202 valence electrons. The largest absolute Gasteiger partial charge is 0.463 e. The average molecular weight is 554 g/mol. The molecule has 0 saturated heterocycles. The third-order valence-corrected chi connectivity index (χ3v) is 7.42. The maximum Gasteiger partial charge on any atom is 0.315 e. The van der Waals surface area contributed by atoms with Crippen LogP contribution in [0.15, 0.2) is 93.7 Å². The zero-order chi connectivity index (χ0) is 28.1. The summed E-state index contributed by atoms with van der Waals surface area (Å²) in [5, 5.41) is 2.86. The monoisotopic (exact) mass is 553 g/mol. The Labute approximate surface area is 235 Å². The highest BCUT2D eigenvalue weighted by Gasteiger charge is 2.26. The molecule has 0 N–H and O–H groups in total. The summed E-state index contributed by atoms with van der Waals surface area (Å²) >= 11 is 1.38. The number of ether oxygens (including phenoxy) is 2. The number of hydrogen-bond donors (Lipinski definition) is 0. The van der Waals surface area contributed by atoms with Crippen molar-refractivity contribution in [2.45, 2.75) is 33.3 Å². The first-order valence-electron chi connectivity index (χ1n) is 12.8. The summed E-state index contributed by atoms with van der Waals surface area (Å²) in [6.45, 7) is 3.75. The van der Waals surface area contributed by atoms with E-state index in [1.54, 1.807) is 13.0 Å². The summed E-state index contributed by atoms with van der Waals surface area (Å²) in [4.78, 5) is 43.7. The zero-order valence-electron chi connectivity index (χ0n) is 22.1. The second kappa shape index (κ2) is 12.1. The molecular weight excluding hydrogens is 526 g/mol. The van der Waals surface area contributed by atoms with Crippen molar-refractivity contribution >= 4 is 34.2 Å². The van der Waals surface area contributed by atoms with Gasteiger partial charge >= 0.3 is 11.9 Å². The molecule has 0 bridgehead atoms. The fraction of sp³-hybridized carbons (Fsp3) is 0.188. The van der Waals surface area contributed by atoms with Crippen molar-refractivity contribution in [2.75, 3.05) is 0 Å². The summed E-state index contributed by atoms with van der Waals surface area (Å²) < 4.78 is 17.0. The number of aryl methyl sites for hydroxylation is 2. The Morgan fingerprint density at radius 3 is 2.35 bits per heavy atom. The first kappa shape index (κ1) is 27.0. The summed E-state index contributed by atoms with van der Waals surface area (Å²) in [5.74, 6) is -1.61. The van der Waals surface area contributed by atoms with E-state index in [2.05, 4.69) is 4.98 Å². The second-order valence-corrected chi connectivity index (χ2v) is 10.4. The fourth-order valence-electron chi connectivity index (χ4n) is 4.44. The third-order valence-electron chi connectivity index (χ3n) is 6.43. The Morgan fingerprint density at radius 2 is 1.68 bits per heavy atom. The number of rotatable bonds is 9. The van der Waals surface area contributed by atoms with E-state index in [9.17, 15) is 14.4 Å². The second-order valence-electron chi connectivity index (χ2n) is 9.54. The quantitative estimate of drug-likeness (QED) is 0.153. The molecule has 1 unspecified atom stereocenters. The lowest BCUT2D eigenvalue weighted by Gasteiger charge is -2.16. The van der Waals surface area contributed by atoms with Crippen LogP contribution >= 0.6 is 11.3 Å². The van der Waals surface area contributed by atoms with Crippen molar-refractivity contribution in [1.29, 1.82) is 0 Å². The van der Waals surface area contributed by atoms with Crippen LogP contribution in [-0.4, -0.2) is 16.9 Å². The molecule has 5 rings (SSSR count). The van der Waals surface area contributed by atoms with Gasteiger partial charge in [0.25, 0.3) is 0 Å². The van der Waals surface area contributed by atoms with Gasteiger partial charge in [-0.2, -0.15) is 0 Å². The number of carbonyl (C=O) groups is 2. The molecule has 0 fully saturated rings. The van der Waals surface area contributed by atoms with Crippen molar-refractivity contribution in [2.24, 2.45) is 5.92 Å². The molecule has 40 heavy (non-hydrogen) atoms. The Balaban J connectivity index is 1.36. The normalized spacial score (nSPS) is 11.8. The maximum atomic E-state index is 13.4. The Hall–Kier alpha value is -4.56. The van der Waals surface area contributed by atoms with E-state index in [1.165, 1.54) is 23.7 Å². The standard InChI is InChI=1S/C32H27NO6S/c1-20-13-25(16-27-29(20)30(35)26(18-37-27)31-33-21(2)19-40-31)39-32(36)24(14-22-9-5-3-6-10-22)15-28(34)38-17-23-11-7-4-8-12-23/h3-13,16,18-19,24H,14-15,17H2,1-2H3. The van der Waals surface area contributed by atoms with Gasteiger partial charge in [0, 0.05) is 17.1 Å². The summed E-state index contributed by atoms with van der Waals surface area (Å²) in [5.41, 5.74) is 3.67. The minimum atomic E-state index is -0.774. The lowest BCUT2D eigenvalue weighted by atomic mass is 9.96. The molecule has 0 saturated carbocycles. The number of esters is 2. The summed E-state index contributed by atoms with van der Waals surface area (Å²) in [7, 11) is 0. The smallest absolute Gasteiger partial charge is 0.315 e. The molecule has 7 nitrogen and oxygen atoms in total. The molecule has 1 atom stereocenters. The van der Waals surface area contributed by atoms with Crippen LogP contribution in [0.1, 0.15) is 28.8 Å². The number of aromatic nitrogens is 1. The molecule has 2 heterocycles. The van der Waals surface area contributed by atoms with Crippen LogP contribution in [0.25, 0.3) is 21.5 Å². The van der Waals surface area contributed by atoms with Crippen molar-refractivity contribution in [3.63, 3.8) is 0 Å². The van der Waals surface area contributed by atoms with E-state index < -0.39 is 17.9 Å². The molecule has 0 aliphatic rings. The topological polar surface area (TPSA) is 95.7 Å². The van der Waals surface area contributed by atoms with Gasteiger partial charge in [-0.05, 0) is 43.0 Å². The Kier molecular flexibility index (Phi) is 8.17. The van der Waals surface area contributed by atoms with Crippen molar-refractivity contribution in [3.8, 4) is 16.3 Å². The summed E-state index contributed by atoms with van der Waals surface area (Å²) in [6, 6.07) is 21.9. The van der Waals surface area contributed by atoms with Crippen LogP contribution in [0, 0.1) is 19.8 Å². The van der Waals surface area contributed by atoms with E-state index in [-0.39, 0.29) is 24.2 Å². The number of fused-ring (bicyclic) bond motifs is 1. The van der Waals surface area contributed by atoms with Crippen LogP contribution in [0.3, 0.4) is 0 Å². The third kappa shape index (κ3) is 6.35. The van der Waals surface area contributed by atoms with Gasteiger partial charge in [0.05, 0.1) is 23.3 Å². The highest BCUT2D eigenvalue weighted by atomic mass is 32.1. The van der Waals surface area contributed by atoms with Gasteiger partial charge < -0.3 is 13.9 Å². The van der Waals surface area contributed by atoms with E-state index in [1.807, 2.05) is 73.0 Å². The van der Waals surface area contributed by atoms with Gasteiger partial charge in [-0.3, -0.25) is 14.4 Å². The molecule has 0 aliphatic heterocycles. The molecule has 0 aliphatic carbocycles. The Bertz CT molecular complexity index is 1710. The van der Waals surface area contributed by atoms with Crippen LogP contribution < -0.4 is 10.2 Å². The number of carbonyl (C=O) groups excluding carboxylic acids is 2. The van der Waals surface area contributed by atoms with Gasteiger partial charge in [-0.1, -0.05) is 60.7 Å². The zero-order valence-corrected chi connectivity index (χ0v) is 22.9. The van der Waals surface area contributed by atoms with E-state index in [0.717, 1.165) is 16.8 Å². The highest BCUT2D eigenvalue weighted by Crippen LogP contribution is 2.28. The maximum absolute atomic E-state index is 13.4. The van der Waals surface area contributed by atoms with Gasteiger partial charge in [0.15, 0.2) is 0 Å². The predicted molar refractivity (Wildman–Crippen MR) is 153 cm³/mol. The highest BCUT2D eigenvalue weighted by molar-refractivity contribution is 7.13. The molecular formula is C32H27NO6S. The average Bonchev–Trinajstić information content (AvgIpc) is 3.38. The van der Waals surface area contributed by atoms with Gasteiger partial charge in [-0.15, -0.1) is 11.3 Å². The van der Waals surface area contributed by atoms with E-state index in [4.69, 9.17) is 13.9 Å². The predicted octanol–water partition coefficient (Wildman–Crippen LogP) is 6.43. The molecule has 2 aromatic heterocycles. The number of thiazole rings is 1. The summed E-state index contributed by atoms with van der Waals surface area (Å²) in [6.07, 6.45) is 1.55.